The molecule has 1 aliphatic heterocycles. The molecule has 3 N–H and O–H groups in total. The summed E-state index contributed by atoms with van der Waals surface area (Å²) in [6.07, 6.45) is 0.0855. The van der Waals surface area contributed by atoms with Crippen LogP contribution < -0.4 is 10.5 Å². The Morgan fingerprint density at radius 1 is 1.50 bits per heavy atom. The number of fused-ring (bicyclic) bond motifs is 1. The molecule has 76 valence electrons. The molecule has 2 rings (SSSR count). The molecule has 1 heterocycles. The van der Waals surface area contributed by atoms with Crippen molar-refractivity contribution in [2.24, 2.45) is 5.73 Å². The maximum Gasteiger partial charge on any atom is 0.128 e. The lowest BCUT2D eigenvalue weighted by molar-refractivity contribution is 0.145. The SMILES string of the molecule is Cc1cccc2c1OCCC(N)C2O. The van der Waals surface area contributed by atoms with E-state index in [1.807, 2.05) is 25.1 Å². The van der Waals surface area contributed by atoms with Gasteiger partial charge in [-0.3, -0.25) is 0 Å². The highest BCUT2D eigenvalue weighted by Gasteiger charge is 2.24. The third-order valence-corrected chi connectivity index (χ3v) is 2.66. The van der Waals surface area contributed by atoms with E-state index in [2.05, 4.69) is 0 Å². The van der Waals surface area contributed by atoms with Crippen LogP contribution in [0.1, 0.15) is 23.7 Å². The molecule has 1 aromatic rings. The van der Waals surface area contributed by atoms with Crippen molar-refractivity contribution in [2.75, 3.05) is 6.61 Å². The van der Waals surface area contributed by atoms with E-state index in [1.54, 1.807) is 0 Å². The van der Waals surface area contributed by atoms with Crippen molar-refractivity contribution in [3.8, 4) is 5.75 Å². The topological polar surface area (TPSA) is 55.5 Å². The van der Waals surface area contributed by atoms with Gasteiger partial charge < -0.3 is 15.6 Å². The van der Waals surface area contributed by atoms with Crippen LogP contribution in [0.3, 0.4) is 0 Å². The van der Waals surface area contributed by atoms with E-state index in [-0.39, 0.29) is 6.04 Å². The molecule has 0 spiro atoms. The number of hydrogen-bond acceptors (Lipinski definition) is 3. The van der Waals surface area contributed by atoms with Gasteiger partial charge in [-0.25, -0.2) is 0 Å². The largest absolute Gasteiger partial charge is 0.493 e. The predicted octanol–water partition coefficient (Wildman–Crippen LogP) is 1.14. The lowest BCUT2D eigenvalue weighted by Crippen LogP contribution is -2.28. The van der Waals surface area contributed by atoms with Gasteiger partial charge in [0.2, 0.25) is 0 Å². The van der Waals surface area contributed by atoms with E-state index >= 15 is 0 Å². The van der Waals surface area contributed by atoms with Crippen molar-refractivity contribution in [3.63, 3.8) is 0 Å². The molecular formula is C11H15NO2. The van der Waals surface area contributed by atoms with Gasteiger partial charge in [-0.05, 0) is 18.9 Å². The summed E-state index contributed by atoms with van der Waals surface area (Å²) >= 11 is 0. The van der Waals surface area contributed by atoms with Crippen LogP contribution in [0.5, 0.6) is 5.75 Å². The minimum absolute atomic E-state index is 0.224. The van der Waals surface area contributed by atoms with Crippen molar-refractivity contribution in [3.05, 3.63) is 29.3 Å². The van der Waals surface area contributed by atoms with Crippen LogP contribution in [-0.2, 0) is 0 Å². The molecule has 0 bridgehead atoms. The number of aryl methyl sites for hydroxylation is 1. The predicted molar refractivity (Wildman–Crippen MR) is 54.2 cm³/mol. The summed E-state index contributed by atoms with van der Waals surface area (Å²) in [6.45, 7) is 2.55. The molecule has 3 heteroatoms. The van der Waals surface area contributed by atoms with E-state index in [9.17, 15) is 5.11 Å². The highest BCUT2D eigenvalue weighted by Crippen LogP contribution is 2.33. The first-order valence-corrected chi connectivity index (χ1v) is 4.86. The van der Waals surface area contributed by atoms with Crippen molar-refractivity contribution in [1.29, 1.82) is 0 Å². The zero-order valence-electron chi connectivity index (χ0n) is 8.23. The van der Waals surface area contributed by atoms with E-state index in [4.69, 9.17) is 10.5 Å². The number of benzene rings is 1. The zero-order chi connectivity index (χ0) is 10.1. The summed E-state index contributed by atoms with van der Waals surface area (Å²) in [5.41, 5.74) is 7.68. The van der Waals surface area contributed by atoms with Gasteiger partial charge >= 0.3 is 0 Å². The highest BCUT2D eigenvalue weighted by atomic mass is 16.5. The van der Waals surface area contributed by atoms with Gasteiger partial charge in [0, 0.05) is 11.6 Å². The van der Waals surface area contributed by atoms with Crippen molar-refractivity contribution >= 4 is 0 Å². The Hall–Kier alpha value is -1.06. The average molecular weight is 193 g/mol. The quantitative estimate of drug-likeness (QED) is 0.649. The second-order valence-electron chi connectivity index (χ2n) is 3.74. The van der Waals surface area contributed by atoms with Crippen LogP contribution in [-0.4, -0.2) is 17.8 Å². The van der Waals surface area contributed by atoms with Gasteiger partial charge in [-0.1, -0.05) is 18.2 Å². The summed E-state index contributed by atoms with van der Waals surface area (Å²) in [6, 6.07) is 5.54. The normalized spacial score (nSPS) is 26.2. The standard InChI is InChI=1S/C11H15NO2/c1-7-3-2-4-8-10(13)9(12)5-6-14-11(7)8/h2-4,9-10,13H,5-6,12H2,1H3. The number of aliphatic hydroxyl groups excluding tert-OH is 1. The third kappa shape index (κ3) is 1.49. The van der Waals surface area contributed by atoms with E-state index in [0.29, 0.717) is 13.0 Å². The first kappa shape index (κ1) is 9.49. The van der Waals surface area contributed by atoms with Crippen LogP contribution in [0.2, 0.25) is 0 Å². The highest BCUT2D eigenvalue weighted by molar-refractivity contribution is 5.43. The average Bonchev–Trinajstić information content (AvgIpc) is 2.31. The van der Waals surface area contributed by atoms with Crippen LogP contribution in [0.4, 0.5) is 0 Å². The van der Waals surface area contributed by atoms with E-state index in [1.165, 1.54) is 0 Å². The fourth-order valence-corrected chi connectivity index (χ4v) is 1.79. The zero-order valence-corrected chi connectivity index (χ0v) is 8.23. The molecule has 0 amide bonds. The van der Waals surface area contributed by atoms with Gasteiger partial charge in [0.25, 0.3) is 0 Å². The van der Waals surface area contributed by atoms with Crippen LogP contribution in [0.15, 0.2) is 18.2 Å². The lowest BCUT2D eigenvalue weighted by atomic mass is 9.99. The summed E-state index contributed by atoms with van der Waals surface area (Å²) < 4.78 is 5.58. The van der Waals surface area contributed by atoms with Crippen LogP contribution in [0, 0.1) is 6.92 Å². The van der Waals surface area contributed by atoms with Crippen molar-refractivity contribution < 1.29 is 9.84 Å². The third-order valence-electron chi connectivity index (χ3n) is 2.66. The molecule has 2 atom stereocenters. The Kier molecular flexibility index (Phi) is 2.44. The van der Waals surface area contributed by atoms with Crippen LogP contribution in [0.25, 0.3) is 0 Å². The Balaban J connectivity index is 2.48. The Bertz CT molecular complexity index is 338. The summed E-state index contributed by atoms with van der Waals surface area (Å²) in [7, 11) is 0. The number of rotatable bonds is 0. The van der Waals surface area contributed by atoms with Gasteiger partial charge in [0.1, 0.15) is 5.75 Å². The number of para-hydroxylation sites is 1. The Morgan fingerprint density at radius 3 is 3.07 bits per heavy atom. The summed E-state index contributed by atoms with van der Waals surface area (Å²) in [4.78, 5) is 0. The molecular weight excluding hydrogens is 178 g/mol. The Labute approximate surface area is 83.5 Å². The van der Waals surface area contributed by atoms with Gasteiger partial charge in [-0.15, -0.1) is 0 Å². The minimum atomic E-state index is -0.604. The summed E-state index contributed by atoms with van der Waals surface area (Å²) in [5.74, 6) is 0.799. The van der Waals surface area contributed by atoms with Crippen molar-refractivity contribution in [1.82, 2.24) is 0 Å². The second-order valence-corrected chi connectivity index (χ2v) is 3.74. The molecule has 0 fully saturated rings. The number of nitrogens with two attached hydrogens (primary N) is 1. The molecule has 14 heavy (non-hydrogen) atoms. The van der Waals surface area contributed by atoms with E-state index < -0.39 is 6.10 Å². The molecule has 3 nitrogen and oxygen atoms in total. The maximum absolute atomic E-state index is 9.93. The van der Waals surface area contributed by atoms with Gasteiger partial charge in [0.15, 0.2) is 0 Å². The number of aliphatic hydroxyl groups is 1. The molecule has 0 radical (unpaired) electrons. The molecule has 1 aliphatic rings. The smallest absolute Gasteiger partial charge is 0.128 e. The fourth-order valence-electron chi connectivity index (χ4n) is 1.79. The first-order valence-electron chi connectivity index (χ1n) is 4.86. The van der Waals surface area contributed by atoms with Crippen molar-refractivity contribution in [2.45, 2.75) is 25.5 Å². The second kappa shape index (κ2) is 3.59. The monoisotopic (exact) mass is 193 g/mol. The molecule has 2 unspecified atom stereocenters. The number of ether oxygens (including phenoxy) is 1. The van der Waals surface area contributed by atoms with Gasteiger partial charge in [0.05, 0.1) is 12.7 Å². The molecule has 0 aliphatic carbocycles. The Morgan fingerprint density at radius 2 is 2.29 bits per heavy atom. The minimum Gasteiger partial charge on any atom is -0.493 e. The van der Waals surface area contributed by atoms with E-state index in [0.717, 1.165) is 16.9 Å². The number of hydrogen-bond donors (Lipinski definition) is 2. The fraction of sp³-hybridized carbons (Fsp3) is 0.455. The van der Waals surface area contributed by atoms with Gasteiger partial charge in [-0.2, -0.15) is 0 Å². The molecule has 1 aromatic carbocycles. The molecule has 0 saturated heterocycles. The summed E-state index contributed by atoms with van der Waals surface area (Å²) in [5, 5.41) is 9.93. The molecule has 0 saturated carbocycles. The maximum atomic E-state index is 9.93. The lowest BCUT2D eigenvalue weighted by Gasteiger charge is -2.16. The van der Waals surface area contributed by atoms with Crippen LogP contribution >= 0.6 is 0 Å². The first-order chi connectivity index (χ1) is 6.70. The molecule has 0 aromatic heterocycles.